The first-order valence-corrected chi connectivity index (χ1v) is 5.45. The van der Waals surface area contributed by atoms with Crippen LogP contribution in [-0.2, 0) is 0 Å². The lowest BCUT2D eigenvalue weighted by molar-refractivity contribution is -0.127. The molecule has 1 aliphatic carbocycles. The molecule has 1 saturated carbocycles. The molecule has 1 rings (SSSR count). The van der Waals surface area contributed by atoms with Crippen LogP contribution in [0.25, 0.3) is 0 Å². The molecule has 0 aromatic rings. The average molecular weight is 243 g/mol. The number of nitrogens with one attached hydrogen (secondary N) is 1. The molecule has 0 aromatic heterocycles. The Morgan fingerprint density at radius 2 is 1.75 bits per heavy atom. The molecule has 0 aromatic carbocycles. The highest BCUT2D eigenvalue weighted by Gasteiger charge is 2.41. The van der Waals surface area contributed by atoms with E-state index >= 15 is 0 Å². The molecule has 0 aliphatic heterocycles. The van der Waals surface area contributed by atoms with Gasteiger partial charge in [-0.1, -0.05) is 19.3 Å². The molecule has 6 heteroatoms. The number of aliphatic hydroxyl groups is 1. The summed E-state index contributed by atoms with van der Waals surface area (Å²) in [6.07, 6.45) is 0.143. The number of alkyl halides is 4. The van der Waals surface area contributed by atoms with Crippen LogP contribution in [0.4, 0.5) is 17.6 Å². The van der Waals surface area contributed by atoms with Crippen molar-refractivity contribution in [1.82, 2.24) is 5.32 Å². The number of hydrogen-bond acceptors (Lipinski definition) is 2. The summed E-state index contributed by atoms with van der Waals surface area (Å²) in [4.78, 5) is 0. The first-order chi connectivity index (χ1) is 7.36. The molecule has 1 aliphatic rings. The maximum Gasteiger partial charge on any atom is 0.319 e. The van der Waals surface area contributed by atoms with Crippen molar-refractivity contribution >= 4 is 0 Å². The van der Waals surface area contributed by atoms with Gasteiger partial charge in [-0.3, -0.25) is 0 Å². The Kier molecular flexibility index (Phi) is 4.55. The zero-order chi connectivity index (χ0) is 12.2. The summed E-state index contributed by atoms with van der Waals surface area (Å²) >= 11 is 0. The summed E-state index contributed by atoms with van der Waals surface area (Å²) in [5.74, 6) is -4.02. The van der Waals surface area contributed by atoms with E-state index in [4.69, 9.17) is 0 Å². The Hall–Kier alpha value is -0.360. The lowest BCUT2D eigenvalue weighted by Crippen LogP contribution is -2.47. The van der Waals surface area contributed by atoms with Gasteiger partial charge in [0.25, 0.3) is 0 Å². The van der Waals surface area contributed by atoms with E-state index in [1.54, 1.807) is 0 Å². The molecule has 0 unspecified atom stereocenters. The molecule has 0 saturated heterocycles. The van der Waals surface area contributed by atoms with Gasteiger partial charge in [0.2, 0.25) is 0 Å². The van der Waals surface area contributed by atoms with Gasteiger partial charge in [-0.15, -0.1) is 0 Å². The van der Waals surface area contributed by atoms with Crippen molar-refractivity contribution in [3.63, 3.8) is 0 Å². The van der Waals surface area contributed by atoms with Crippen LogP contribution in [0.1, 0.15) is 32.1 Å². The second-order valence-electron chi connectivity index (χ2n) is 4.45. The zero-order valence-corrected chi connectivity index (χ0v) is 8.99. The lowest BCUT2D eigenvalue weighted by atomic mass is 9.85. The van der Waals surface area contributed by atoms with Crippen molar-refractivity contribution < 1.29 is 22.7 Å². The molecule has 2 N–H and O–H groups in total. The van der Waals surface area contributed by atoms with E-state index in [-0.39, 0.29) is 6.54 Å². The Bertz CT molecular complexity index is 217. The van der Waals surface area contributed by atoms with E-state index in [1.165, 1.54) is 0 Å². The molecular weight excluding hydrogens is 226 g/mol. The first-order valence-electron chi connectivity index (χ1n) is 5.45. The van der Waals surface area contributed by atoms with E-state index in [9.17, 15) is 22.7 Å². The summed E-state index contributed by atoms with van der Waals surface area (Å²) in [6.45, 7) is -1.14. The first kappa shape index (κ1) is 13.7. The number of rotatable bonds is 5. The summed E-state index contributed by atoms with van der Waals surface area (Å²) in [5, 5.41) is 12.1. The molecule has 1 fully saturated rings. The lowest BCUT2D eigenvalue weighted by Gasteiger charge is -2.32. The third-order valence-corrected chi connectivity index (χ3v) is 2.92. The van der Waals surface area contributed by atoms with E-state index in [2.05, 4.69) is 5.32 Å². The standard InChI is InChI=1S/C10H17F4NO/c11-8(12)10(13,14)7-15-6-9(16)4-2-1-3-5-9/h8,15-16H,1-7H2. The minimum Gasteiger partial charge on any atom is -0.389 e. The highest BCUT2D eigenvalue weighted by molar-refractivity contribution is 4.85. The normalized spacial score (nSPS) is 21.4. The van der Waals surface area contributed by atoms with Gasteiger partial charge in [-0.05, 0) is 12.8 Å². The van der Waals surface area contributed by atoms with Crippen LogP contribution in [0, 0.1) is 0 Å². The Labute approximate surface area is 92.0 Å². The zero-order valence-electron chi connectivity index (χ0n) is 8.99. The van der Waals surface area contributed by atoms with Crippen LogP contribution in [0.2, 0.25) is 0 Å². The van der Waals surface area contributed by atoms with Crippen LogP contribution in [0.15, 0.2) is 0 Å². The molecule has 0 radical (unpaired) electrons. The van der Waals surface area contributed by atoms with Crippen LogP contribution in [0.5, 0.6) is 0 Å². The number of halogens is 4. The highest BCUT2D eigenvalue weighted by Crippen LogP contribution is 2.28. The maximum atomic E-state index is 12.5. The van der Waals surface area contributed by atoms with Crippen LogP contribution in [-0.4, -0.2) is 36.1 Å². The van der Waals surface area contributed by atoms with E-state index < -0.39 is 24.5 Å². The molecule has 0 atom stereocenters. The third-order valence-electron chi connectivity index (χ3n) is 2.92. The Morgan fingerprint density at radius 3 is 2.25 bits per heavy atom. The minimum absolute atomic E-state index is 0.0463. The molecular formula is C10H17F4NO. The molecule has 2 nitrogen and oxygen atoms in total. The van der Waals surface area contributed by atoms with Gasteiger partial charge in [0.05, 0.1) is 12.1 Å². The van der Waals surface area contributed by atoms with Crippen molar-refractivity contribution in [3.8, 4) is 0 Å². The van der Waals surface area contributed by atoms with Gasteiger partial charge < -0.3 is 10.4 Å². The monoisotopic (exact) mass is 243 g/mol. The largest absolute Gasteiger partial charge is 0.389 e. The Balaban J connectivity index is 2.29. The van der Waals surface area contributed by atoms with Crippen molar-refractivity contribution in [2.75, 3.05) is 13.1 Å². The summed E-state index contributed by atoms with van der Waals surface area (Å²) in [6, 6.07) is 0. The van der Waals surface area contributed by atoms with E-state index in [0.29, 0.717) is 12.8 Å². The van der Waals surface area contributed by atoms with Gasteiger partial charge in [-0.25, -0.2) is 8.78 Å². The fourth-order valence-corrected chi connectivity index (χ4v) is 1.93. The average Bonchev–Trinajstić information content (AvgIpc) is 2.17. The molecule has 0 bridgehead atoms. The van der Waals surface area contributed by atoms with Crippen molar-refractivity contribution in [3.05, 3.63) is 0 Å². The smallest absolute Gasteiger partial charge is 0.319 e. The van der Waals surface area contributed by atoms with Gasteiger partial charge in [0.15, 0.2) is 0 Å². The summed E-state index contributed by atoms with van der Waals surface area (Å²) < 4.78 is 48.7. The fraction of sp³-hybridized carbons (Fsp3) is 1.00. The topological polar surface area (TPSA) is 32.3 Å². The second kappa shape index (κ2) is 5.31. The summed E-state index contributed by atoms with van der Waals surface area (Å²) in [5.41, 5.74) is -1.00. The van der Waals surface area contributed by atoms with Gasteiger partial charge in [-0.2, -0.15) is 8.78 Å². The SMILES string of the molecule is OC1(CNCC(F)(F)C(F)F)CCCCC1. The quantitative estimate of drug-likeness (QED) is 0.725. The van der Waals surface area contributed by atoms with E-state index in [1.807, 2.05) is 0 Å². The van der Waals surface area contributed by atoms with Gasteiger partial charge >= 0.3 is 12.3 Å². The van der Waals surface area contributed by atoms with Crippen molar-refractivity contribution in [1.29, 1.82) is 0 Å². The predicted octanol–water partition coefficient (Wildman–Crippen LogP) is 2.17. The van der Waals surface area contributed by atoms with Crippen LogP contribution >= 0.6 is 0 Å². The molecule has 0 amide bonds. The highest BCUT2D eigenvalue weighted by atomic mass is 19.3. The molecule has 96 valence electrons. The maximum absolute atomic E-state index is 12.5. The Morgan fingerprint density at radius 1 is 1.19 bits per heavy atom. The fourth-order valence-electron chi connectivity index (χ4n) is 1.93. The predicted molar refractivity (Wildman–Crippen MR) is 51.9 cm³/mol. The molecule has 0 spiro atoms. The van der Waals surface area contributed by atoms with Crippen LogP contribution < -0.4 is 5.32 Å². The number of hydrogen-bond donors (Lipinski definition) is 2. The molecule has 0 heterocycles. The van der Waals surface area contributed by atoms with Crippen molar-refractivity contribution in [2.45, 2.75) is 50.1 Å². The second-order valence-corrected chi connectivity index (χ2v) is 4.45. The van der Waals surface area contributed by atoms with Crippen molar-refractivity contribution in [2.24, 2.45) is 0 Å². The third kappa shape index (κ3) is 3.90. The molecule has 16 heavy (non-hydrogen) atoms. The van der Waals surface area contributed by atoms with E-state index in [0.717, 1.165) is 19.3 Å². The van der Waals surface area contributed by atoms with Gasteiger partial charge in [0.1, 0.15) is 0 Å². The minimum atomic E-state index is -4.02. The van der Waals surface area contributed by atoms with Crippen LogP contribution in [0.3, 0.4) is 0 Å². The van der Waals surface area contributed by atoms with Gasteiger partial charge in [0, 0.05) is 6.54 Å². The summed E-state index contributed by atoms with van der Waals surface area (Å²) in [7, 11) is 0.